The SMILES string of the molecule is COCC1C[C@@H]2[C@H](CC[C@]3(C)C(O)CC[C@@H]23)[C@@]2(C)C=CC(=O)C=C12. The molecule has 3 saturated carbocycles. The molecule has 0 saturated heterocycles. The number of ether oxygens (including phenoxy) is 1. The number of ketones is 1. The van der Waals surface area contributed by atoms with Gasteiger partial charge in [0.05, 0.1) is 12.7 Å². The summed E-state index contributed by atoms with van der Waals surface area (Å²) in [7, 11) is 1.76. The molecule has 0 heterocycles. The van der Waals surface area contributed by atoms with Crippen LogP contribution in [-0.4, -0.2) is 30.7 Å². The van der Waals surface area contributed by atoms with Crippen molar-refractivity contribution in [1.29, 1.82) is 0 Å². The molecular formula is C21H30O3. The number of allylic oxidation sites excluding steroid dienone is 3. The van der Waals surface area contributed by atoms with E-state index in [1.165, 1.54) is 5.57 Å². The van der Waals surface area contributed by atoms with Gasteiger partial charge in [-0.05, 0) is 67.4 Å². The zero-order valence-corrected chi connectivity index (χ0v) is 15.1. The van der Waals surface area contributed by atoms with Crippen molar-refractivity contribution in [3.05, 3.63) is 23.8 Å². The maximum absolute atomic E-state index is 12.0. The molecule has 4 aliphatic rings. The smallest absolute Gasteiger partial charge is 0.178 e. The van der Waals surface area contributed by atoms with E-state index in [-0.39, 0.29) is 22.7 Å². The number of carbonyl (C=O) groups is 1. The van der Waals surface area contributed by atoms with Gasteiger partial charge in [-0.2, -0.15) is 0 Å². The molecule has 3 fully saturated rings. The standard InChI is InChI=1S/C21H30O3/c1-20-8-6-14(22)11-18(20)13(12-24-3)10-15-16-4-5-19(23)21(16,2)9-7-17(15)20/h6,8,11,13,15-17,19,23H,4-5,7,9-10,12H2,1-3H3/t13?,15-,16-,17-,19?,20+,21-/m0/s1. The summed E-state index contributed by atoms with van der Waals surface area (Å²) in [5.41, 5.74) is 1.36. The molecule has 0 bridgehead atoms. The average molecular weight is 330 g/mol. The van der Waals surface area contributed by atoms with E-state index in [0.29, 0.717) is 30.3 Å². The van der Waals surface area contributed by atoms with Crippen molar-refractivity contribution in [2.24, 2.45) is 34.5 Å². The van der Waals surface area contributed by atoms with Crippen LogP contribution in [0.4, 0.5) is 0 Å². The van der Waals surface area contributed by atoms with Crippen LogP contribution in [0.25, 0.3) is 0 Å². The van der Waals surface area contributed by atoms with Crippen molar-refractivity contribution >= 4 is 5.78 Å². The summed E-state index contributed by atoms with van der Waals surface area (Å²) < 4.78 is 5.52. The third-order valence-electron chi connectivity index (χ3n) is 8.04. The summed E-state index contributed by atoms with van der Waals surface area (Å²) in [5, 5.41) is 10.6. The van der Waals surface area contributed by atoms with Gasteiger partial charge in [-0.1, -0.05) is 25.5 Å². The number of aliphatic hydroxyl groups is 1. The Morgan fingerprint density at radius 3 is 2.79 bits per heavy atom. The molecule has 0 aromatic carbocycles. The highest BCUT2D eigenvalue weighted by Crippen LogP contribution is 2.65. The molecule has 0 aromatic heterocycles. The molecular weight excluding hydrogens is 300 g/mol. The highest BCUT2D eigenvalue weighted by Gasteiger charge is 2.59. The monoisotopic (exact) mass is 330 g/mol. The van der Waals surface area contributed by atoms with E-state index >= 15 is 0 Å². The molecule has 24 heavy (non-hydrogen) atoms. The lowest BCUT2D eigenvalue weighted by atomic mass is 9.46. The Morgan fingerprint density at radius 2 is 2.04 bits per heavy atom. The van der Waals surface area contributed by atoms with Gasteiger partial charge < -0.3 is 9.84 Å². The van der Waals surface area contributed by atoms with E-state index in [4.69, 9.17) is 4.74 Å². The molecule has 0 amide bonds. The van der Waals surface area contributed by atoms with Crippen molar-refractivity contribution in [2.45, 2.75) is 52.1 Å². The minimum Gasteiger partial charge on any atom is -0.393 e. The van der Waals surface area contributed by atoms with Crippen molar-refractivity contribution < 1.29 is 14.6 Å². The molecule has 0 radical (unpaired) electrons. The predicted octanol–water partition coefficient (Wildman–Crippen LogP) is 3.53. The first kappa shape index (κ1) is 16.5. The van der Waals surface area contributed by atoms with E-state index in [9.17, 15) is 9.90 Å². The summed E-state index contributed by atoms with van der Waals surface area (Å²) in [6.07, 6.45) is 11.2. The minimum absolute atomic E-state index is 0.0190. The third kappa shape index (κ3) is 2.13. The van der Waals surface area contributed by atoms with Crippen LogP contribution in [0.5, 0.6) is 0 Å². The quantitative estimate of drug-likeness (QED) is 0.842. The van der Waals surface area contributed by atoms with E-state index in [1.54, 1.807) is 13.2 Å². The Bertz CT molecular complexity index is 606. The number of rotatable bonds is 2. The van der Waals surface area contributed by atoms with Gasteiger partial charge in [0.1, 0.15) is 0 Å². The fourth-order valence-electron chi connectivity index (χ4n) is 6.75. The van der Waals surface area contributed by atoms with E-state index in [0.717, 1.165) is 32.1 Å². The summed E-state index contributed by atoms with van der Waals surface area (Å²) >= 11 is 0. The fraction of sp³-hybridized carbons (Fsp3) is 0.762. The molecule has 0 aromatic rings. The second-order valence-corrected chi connectivity index (χ2v) is 9.02. The van der Waals surface area contributed by atoms with E-state index < -0.39 is 0 Å². The normalized spacial score (nSPS) is 50.1. The number of carbonyl (C=O) groups excluding carboxylic acids is 1. The second kappa shape index (κ2) is 5.54. The molecule has 4 aliphatic carbocycles. The first-order valence-corrected chi connectivity index (χ1v) is 9.52. The van der Waals surface area contributed by atoms with Crippen molar-refractivity contribution in [1.82, 2.24) is 0 Å². The van der Waals surface area contributed by atoms with E-state index in [2.05, 4.69) is 19.9 Å². The number of aliphatic hydroxyl groups excluding tert-OH is 1. The summed E-state index contributed by atoms with van der Waals surface area (Å²) in [6, 6.07) is 0. The molecule has 7 atom stereocenters. The highest BCUT2D eigenvalue weighted by molar-refractivity contribution is 6.01. The Labute approximate surface area is 145 Å². The van der Waals surface area contributed by atoms with Crippen molar-refractivity contribution in [3.8, 4) is 0 Å². The topological polar surface area (TPSA) is 46.5 Å². The first-order chi connectivity index (χ1) is 11.4. The van der Waals surface area contributed by atoms with Gasteiger partial charge >= 0.3 is 0 Å². The van der Waals surface area contributed by atoms with Crippen LogP contribution in [0.15, 0.2) is 23.8 Å². The van der Waals surface area contributed by atoms with Crippen molar-refractivity contribution in [2.75, 3.05) is 13.7 Å². The molecule has 4 rings (SSSR count). The highest BCUT2D eigenvalue weighted by atomic mass is 16.5. The summed E-state index contributed by atoms with van der Waals surface area (Å²) in [5.74, 6) is 2.27. The zero-order chi connectivity index (χ0) is 17.1. The lowest BCUT2D eigenvalue weighted by Gasteiger charge is -2.58. The van der Waals surface area contributed by atoms with E-state index in [1.807, 2.05) is 6.08 Å². The molecule has 3 heteroatoms. The largest absolute Gasteiger partial charge is 0.393 e. The zero-order valence-electron chi connectivity index (χ0n) is 15.1. The van der Waals surface area contributed by atoms with Crippen LogP contribution in [0.2, 0.25) is 0 Å². The Morgan fingerprint density at radius 1 is 1.25 bits per heavy atom. The van der Waals surface area contributed by atoms with Gasteiger partial charge in [-0.25, -0.2) is 0 Å². The van der Waals surface area contributed by atoms with Gasteiger partial charge in [0, 0.05) is 18.4 Å². The van der Waals surface area contributed by atoms with Gasteiger partial charge in [0.2, 0.25) is 0 Å². The molecule has 1 N–H and O–H groups in total. The minimum atomic E-state index is -0.141. The van der Waals surface area contributed by atoms with Crippen LogP contribution in [0, 0.1) is 34.5 Å². The van der Waals surface area contributed by atoms with Gasteiger partial charge in [-0.15, -0.1) is 0 Å². The first-order valence-electron chi connectivity index (χ1n) is 9.52. The summed E-state index contributed by atoms with van der Waals surface area (Å²) in [6.45, 7) is 5.33. The fourth-order valence-corrected chi connectivity index (χ4v) is 6.75. The molecule has 3 nitrogen and oxygen atoms in total. The molecule has 0 spiro atoms. The maximum Gasteiger partial charge on any atom is 0.178 e. The molecule has 0 aliphatic heterocycles. The predicted molar refractivity (Wildman–Crippen MR) is 93.4 cm³/mol. The molecule has 132 valence electrons. The summed E-state index contributed by atoms with van der Waals surface area (Å²) in [4.78, 5) is 12.0. The Hall–Kier alpha value is -0.930. The van der Waals surface area contributed by atoms with Crippen LogP contribution in [0.1, 0.15) is 46.0 Å². The van der Waals surface area contributed by atoms with Gasteiger partial charge in [0.25, 0.3) is 0 Å². The Balaban J connectivity index is 1.74. The van der Waals surface area contributed by atoms with Gasteiger partial charge in [-0.3, -0.25) is 4.79 Å². The van der Waals surface area contributed by atoms with Crippen LogP contribution in [-0.2, 0) is 9.53 Å². The number of hydrogen-bond acceptors (Lipinski definition) is 3. The second-order valence-electron chi connectivity index (χ2n) is 9.02. The van der Waals surface area contributed by atoms with Crippen molar-refractivity contribution in [3.63, 3.8) is 0 Å². The third-order valence-corrected chi connectivity index (χ3v) is 8.04. The van der Waals surface area contributed by atoms with Gasteiger partial charge in [0.15, 0.2) is 5.78 Å². The maximum atomic E-state index is 12.0. The van der Waals surface area contributed by atoms with Crippen LogP contribution >= 0.6 is 0 Å². The lowest BCUT2D eigenvalue weighted by Crippen LogP contribution is -2.52. The van der Waals surface area contributed by atoms with Crippen LogP contribution < -0.4 is 0 Å². The number of methoxy groups -OCH3 is 1. The number of hydrogen-bond donors (Lipinski definition) is 1. The lowest BCUT2D eigenvalue weighted by molar-refractivity contribution is -0.111. The average Bonchev–Trinajstić information content (AvgIpc) is 2.85. The Kier molecular flexibility index (Phi) is 3.81. The van der Waals surface area contributed by atoms with Crippen LogP contribution in [0.3, 0.4) is 0 Å². The molecule has 2 unspecified atom stereocenters. The number of fused-ring (bicyclic) bond motifs is 5.